The lowest BCUT2D eigenvalue weighted by Gasteiger charge is -2.18. The number of benzene rings is 3. The van der Waals surface area contributed by atoms with Crippen molar-refractivity contribution >= 4 is 16.6 Å². The van der Waals surface area contributed by atoms with Gasteiger partial charge >= 0.3 is 0 Å². The van der Waals surface area contributed by atoms with Crippen molar-refractivity contribution in [1.82, 2.24) is 15.6 Å². The maximum atomic E-state index is 11.6. The van der Waals surface area contributed by atoms with Gasteiger partial charge in [-0.05, 0) is 61.0 Å². The highest BCUT2D eigenvalue weighted by molar-refractivity contribution is 5.87. The van der Waals surface area contributed by atoms with Gasteiger partial charge in [0.25, 0.3) is 0 Å². The van der Waals surface area contributed by atoms with E-state index in [9.17, 15) is 15.0 Å². The minimum Gasteiger partial charge on any atom is -0.506 e. The van der Waals surface area contributed by atoms with Crippen LogP contribution in [0.25, 0.3) is 10.9 Å². The number of aromatic nitrogens is 1. The summed E-state index contributed by atoms with van der Waals surface area (Å²) < 4.78 is 0. The molecule has 2 atom stereocenters. The van der Waals surface area contributed by atoms with E-state index in [0.29, 0.717) is 29.6 Å². The molecule has 0 fully saturated rings. The van der Waals surface area contributed by atoms with Crippen molar-refractivity contribution in [2.45, 2.75) is 18.6 Å². The van der Waals surface area contributed by atoms with Crippen LogP contribution in [0.3, 0.4) is 0 Å². The van der Waals surface area contributed by atoms with Gasteiger partial charge in [0, 0.05) is 36.3 Å². The number of aromatic amines is 1. The summed E-state index contributed by atoms with van der Waals surface area (Å²) in [6.45, 7) is 1.87. The van der Waals surface area contributed by atoms with E-state index in [1.807, 2.05) is 13.1 Å². The fourth-order valence-corrected chi connectivity index (χ4v) is 4.21. The van der Waals surface area contributed by atoms with Gasteiger partial charge in [0.2, 0.25) is 5.56 Å². The average molecular weight is 473 g/mol. The number of aliphatic hydroxyl groups is 1. The number of rotatable bonds is 11. The number of likely N-dealkylation sites (N-methyl/N-ethyl adjacent to an activating group) is 1. The zero-order chi connectivity index (χ0) is 24.6. The summed E-state index contributed by atoms with van der Waals surface area (Å²) in [6.07, 6.45) is 0.0695. The molecule has 3 aromatic carbocycles. The molecule has 0 saturated heterocycles. The van der Waals surface area contributed by atoms with Crippen molar-refractivity contribution in [1.29, 1.82) is 0 Å². The molecule has 182 valence electrons. The lowest BCUT2D eigenvalue weighted by Crippen LogP contribution is -2.24. The zero-order valence-electron chi connectivity index (χ0n) is 19.8. The number of hydrogen-bond acceptors (Lipinski definition) is 6. The molecule has 1 aromatic heterocycles. The van der Waals surface area contributed by atoms with Crippen LogP contribution in [0.1, 0.15) is 28.8 Å². The molecule has 0 aliphatic heterocycles. The highest BCUT2D eigenvalue weighted by atomic mass is 16.3. The van der Waals surface area contributed by atoms with Gasteiger partial charge in [-0.1, -0.05) is 48.5 Å². The molecule has 35 heavy (non-hydrogen) atoms. The monoisotopic (exact) mass is 472 g/mol. The maximum Gasteiger partial charge on any atom is 0.248 e. The lowest BCUT2D eigenvalue weighted by molar-refractivity contribution is 0.176. The first kappa shape index (κ1) is 24.5. The molecule has 0 aliphatic rings. The van der Waals surface area contributed by atoms with E-state index in [4.69, 9.17) is 0 Å². The third kappa shape index (κ3) is 6.27. The second-order valence-corrected chi connectivity index (χ2v) is 8.58. The number of anilines is 1. The smallest absolute Gasteiger partial charge is 0.248 e. The van der Waals surface area contributed by atoms with Crippen LogP contribution >= 0.6 is 0 Å². The molecular weight excluding hydrogens is 440 g/mol. The first-order valence-corrected chi connectivity index (χ1v) is 11.8. The first-order chi connectivity index (χ1) is 17.0. The molecule has 6 N–H and O–H groups in total. The van der Waals surface area contributed by atoms with Crippen molar-refractivity contribution in [2.24, 2.45) is 0 Å². The van der Waals surface area contributed by atoms with Crippen molar-refractivity contribution in [3.8, 4) is 5.75 Å². The number of pyridine rings is 1. The summed E-state index contributed by atoms with van der Waals surface area (Å²) in [7, 11) is 1.97. The van der Waals surface area contributed by atoms with Gasteiger partial charge in [-0.25, -0.2) is 0 Å². The van der Waals surface area contributed by atoms with Crippen molar-refractivity contribution in [3.63, 3.8) is 0 Å². The van der Waals surface area contributed by atoms with Crippen molar-refractivity contribution < 1.29 is 10.2 Å². The molecule has 1 unspecified atom stereocenters. The predicted octanol–water partition coefficient (Wildman–Crippen LogP) is 3.47. The summed E-state index contributed by atoms with van der Waals surface area (Å²) >= 11 is 0. The van der Waals surface area contributed by atoms with Crippen LogP contribution < -0.4 is 21.5 Å². The highest BCUT2D eigenvalue weighted by Crippen LogP contribution is 2.28. The number of aliphatic hydroxyl groups excluding tert-OH is 1. The largest absolute Gasteiger partial charge is 0.506 e. The van der Waals surface area contributed by atoms with Gasteiger partial charge < -0.3 is 31.1 Å². The molecule has 7 heteroatoms. The third-order valence-electron chi connectivity index (χ3n) is 6.21. The Labute approximate surface area is 204 Å². The van der Waals surface area contributed by atoms with Gasteiger partial charge in [0.15, 0.2) is 0 Å². The molecule has 0 amide bonds. The first-order valence-electron chi connectivity index (χ1n) is 11.8. The maximum absolute atomic E-state index is 11.6. The van der Waals surface area contributed by atoms with Crippen LogP contribution in [0.15, 0.2) is 83.7 Å². The van der Waals surface area contributed by atoms with E-state index in [-0.39, 0.29) is 17.4 Å². The Morgan fingerprint density at radius 2 is 1.69 bits per heavy atom. The fourth-order valence-electron chi connectivity index (χ4n) is 4.21. The molecule has 0 saturated carbocycles. The number of aromatic hydroxyl groups is 1. The Balaban J connectivity index is 1.25. The molecule has 0 radical (unpaired) electrons. The molecule has 1 heterocycles. The van der Waals surface area contributed by atoms with E-state index >= 15 is 0 Å². The number of H-pyrrole nitrogens is 1. The van der Waals surface area contributed by atoms with Gasteiger partial charge in [0.1, 0.15) is 5.75 Å². The van der Waals surface area contributed by atoms with Crippen LogP contribution in [0.5, 0.6) is 5.75 Å². The Kier molecular flexibility index (Phi) is 8.15. The zero-order valence-corrected chi connectivity index (χ0v) is 19.8. The Hall–Kier alpha value is -3.65. The third-order valence-corrected chi connectivity index (χ3v) is 6.21. The molecule has 0 spiro atoms. The number of nitrogens with one attached hydrogen (secondary N) is 4. The molecular formula is C28H32N4O3. The summed E-state index contributed by atoms with van der Waals surface area (Å²) in [4.78, 5) is 14.2. The highest BCUT2D eigenvalue weighted by Gasteiger charge is 2.14. The molecule has 7 nitrogen and oxygen atoms in total. The van der Waals surface area contributed by atoms with Gasteiger partial charge in [-0.3, -0.25) is 4.79 Å². The van der Waals surface area contributed by atoms with E-state index in [1.54, 1.807) is 12.1 Å². The Bertz CT molecular complexity index is 1290. The summed E-state index contributed by atoms with van der Waals surface area (Å²) in [5.41, 5.74) is 4.24. The predicted molar refractivity (Wildman–Crippen MR) is 141 cm³/mol. The van der Waals surface area contributed by atoms with Gasteiger partial charge in [-0.15, -0.1) is 0 Å². The number of phenols is 1. The second kappa shape index (κ2) is 11.7. The minimum atomic E-state index is -0.764. The Morgan fingerprint density at radius 3 is 2.43 bits per heavy atom. The standard InChI is InChI=1S/C28H32N4O3/c1-29-24(20-5-3-2-4-6-20)17-31-21-9-7-19(8-10-21)15-16-30-18-26(34)22-11-13-25(33)28-23(22)12-14-27(35)32-28/h2-14,24,26,29-31,33-34H,15-18H2,1H3,(H,32,35)/t24?,26-/m0/s1. The van der Waals surface area contributed by atoms with Crippen LogP contribution in [-0.4, -0.2) is 41.9 Å². The van der Waals surface area contributed by atoms with Crippen LogP contribution in [-0.2, 0) is 6.42 Å². The molecule has 0 bridgehead atoms. The summed E-state index contributed by atoms with van der Waals surface area (Å²) in [6, 6.07) is 25.2. The van der Waals surface area contributed by atoms with Gasteiger partial charge in [-0.2, -0.15) is 0 Å². The van der Waals surface area contributed by atoms with Gasteiger partial charge in [0.05, 0.1) is 11.6 Å². The Morgan fingerprint density at radius 1 is 0.914 bits per heavy atom. The topological polar surface area (TPSA) is 109 Å². The SMILES string of the molecule is CNC(CNc1ccc(CCNC[C@H](O)c2ccc(O)c3[nH]c(=O)ccc23)cc1)c1ccccc1. The van der Waals surface area contributed by atoms with Crippen LogP contribution in [0.2, 0.25) is 0 Å². The number of fused-ring (bicyclic) bond motifs is 1. The normalized spacial score (nSPS) is 13.0. The average Bonchev–Trinajstić information content (AvgIpc) is 2.89. The quantitative estimate of drug-likeness (QED) is 0.187. The molecule has 0 aliphatic carbocycles. The lowest BCUT2D eigenvalue weighted by atomic mass is 10.0. The summed E-state index contributed by atoms with van der Waals surface area (Å²) in [5, 5.41) is 31.5. The fraction of sp³-hybridized carbons (Fsp3) is 0.250. The van der Waals surface area contributed by atoms with Crippen LogP contribution in [0, 0.1) is 0 Å². The number of hydrogen-bond donors (Lipinski definition) is 6. The second-order valence-electron chi connectivity index (χ2n) is 8.58. The molecule has 4 aromatic rings. The van der Waals surface area contributed by atoms with E-state index in [0.717, 1.165) is 18.7 Å². The number of phenolic OH excluding ortho intramolecular Hbond substituents is 1. The van der Waals surface area contributed by atoms with Crippen molar-refractivity contribution in [3.05, 3.63) is 106 Å². The van der Waals surface area contributed by atoms with Crippen molar-refractivity contribution in [2.75, 3.05) is 32.0 Å². The van der Waals surface area contributed by atoms with Crippen LogP contribution in [0.4, 0.5) is 5.69 Å². The minimum absolute atomic E-state index is 0.0129. The molecule has 4 rings (SSSR count). The van der Waals surface area contributed by atoms with E-state index < -0.39 is 6.10 Å². The van der Waals surface area contributed by atoms with E-state index in [2.05, 4.69) is 69.5 Å². The van der Waals surface area contributed by atoms with E-state index in [1.165, 1.54) is 23.3 Å². The summed E-state index contributed by atoms with van der Waals surface area (Å²) in [5.74, 6) is -0.0129.